The molecule has 1 amide bonds. The van der Waals surface area contributed by atoms with E-state index in [9.17, 15) is 9.18 Å². The van der Waals surface area contributed by atoms with Crippen LogP contribution in [0.15, 0.2) is 71.8 Å². The lowest BCUT2D eigenvalue weighted by Crippen LogP contribution is -2.41. The number of hydrazone groups is 1. The number of benzene rings is 3. The van der Waals surface area contributed by atoms with Crippen molar-refractivity contribution in [1.29, 1.82) is 0 Å². The zero-order chi connectivity index (χ0) is 18.6. The molecule has 0 bridgehead atoms. The van der Waals surface area contributed by atoms with E-state index in [1.807, 2.05) is 12.1 Å². The smallest absolute Gasteiger partial charge is 0.258 e. The molecule has 0 aromatic heterocycles. The van der Waals surface area contributed by atoms with E-state index in [0.717, 1.165) is 5.56 Å². The molecule has 6 heteroatoms. The van der Waals surface area contributed by atoms with E-state index in [0.29, 0.717) is 12.0 Å². The Morgan fingerprint density at radius 3 is 2.63 bits per heavy atom. The van der Waals surface area contributed by atoms with Gasteiger partial charge in [-0.25, -0.2) is 20.7 Å². The summed E-state index contributed by atoms with van der Waals surface area (Å²) in [5, 5.41) is 6.31. The first-order valence-corrected chi connectivity index (χ1v) is 8.77. The van der Waals surface area contributed by atoms with Crippen molar-refractivity contribution in [3.63, 3.8) is 0 Å². The maximum Gasteiger partial charge on any atom is 0.258 e. The first-order valence-electron chi connectivity index (χ1n) is 8.77. The van der Waals surface area contributed by atoms with Crippen molar-refractivity contribution in [2.75, 3.05) is 0 Å². The second kappa shape index (κ2) is 7.65. The highest BCUT2D eigenvalue weighted by Gasteiger charge is 2.30. The van der Waals surface area contributed by atoms with Gasteiger partial charge >= 0.3 is 0 Å². The number of hydrazine groups is 1. The van der Waals surface area contributed by atoms with Crippen molar-refractivity contribution >= 4 is 22.9 Å². The SMILES string of the molecule is O=C(N/N=C/c1ccc(F)cc1)C1CC(c2ccc3ccccc3c2)NN1. The van der Waals surface area contributed by atoms with Gasteiger partial charge in [0.2, 0.25) is 0 Å². The van der Waals surface area contributed by atoms with Crippen LogP contribution in [0.25, 0.3) is 10.8 Å². The van der Waals surface area contributed by atoms with Crippen LogP contribution >= 0.6 is 0 Å². The highest BCUT2D eigenvalue weighted by atomic mass is 19.1. The summed E-state index contributed by atoms with van der Waals surface area (Å²) in [4.78, 5) is 12.3. The molecule has 0 aliphatic carbocycles. The molecule has 0 radical (unpaired) electrons. The Labute approximate surface area is 156 Å². The van der Waals surface area contributed by atoms with Gasteiger partial charge in [-0.1, -0.05) is 48.5 Å². The summed E-state index contributed by atoms with van der Waals surface area (Å²) < 4.78 is 12.9. The molecule has 1 aliphatic rings. The van der Waals surface area contributed by atoms with Crippen LogP contribution in [-0.4, -0.2) is 18.2 Å². The lowest BCUT2D eigenvalue weighted by atomic mass is 9.99. The number of rotatable bonds is 4. The number of carbonyl (C=O) groups excluding carboxylic acids is 1. The van der Waals surface area contributed by atoms with Crippen LogP contribution in [0.2, 0.25) is 0 Å². The summed E-state index contributed by atoms with van der Waals surface area (Å²) in [7, 11) is 0. The Morgan fingerprint density at radius 1 is 1.04 bits per heavy atom. The van der Waals surface area contributed by atoms with Gasteiger partial charge in [-0.2, -0.15) is 5.10 Å². The summed E-state index contributed by atoms with van der Waals surface area (Å²) >= 11 is 0. The predicted molar refractivity (Wildman–Crippen MR) is 104 cm³/mol. The number of carbonyl (C=O) groups is 1. The second-order valence-corrected chi connectivity index (χ2v) is 6.52. The molecule has 1 fully saturated rings. The maximum absolute atomic E-state index is 12.9. The highest BCUT2D eigenvalue weighted by molar-refractivity contribution is 5.85. The van der Waals surface area contributed by atoms with Crippen LogP contribution in [-0.2, 0) is 4.79 Å². The monoisotopic (exact) mass is 362 g/mol. The van der Waals surface area contributed by atoms with Crippen molar-refractivity contribution < 1.29 is 9.18 Å². The number of nitrogens with one attached hydrogen (secondary N) is 3. The third-order valence-corrected chi connectivity index (χ3v) is 4.65. The Balaban J connectivity index is 1.36. The molecule has 3 aromatic rings. The minimum absolute atomic E-state index is 0.0476. The number of hydrogen-bond acceptors (Lipinski definition) is 4. The van der Waals surface area contributed by atoms with E-state index in [1.165, 1.54) is 29.1 Å². The van der Waals surface area contributed by atoms with Gasteiger partial charge in [-0.05, 0) is 46.5 Å². The maximum atomic E-state index is 12.9. The molecule has 1 aliphatic heterocycles. The first-order chi connectivity index (χ1) is 13.2. The topological polar surface area (TPSA) is 65.5 Å². The molecule has 5 nitrogen and oxygen atoms in total. The number of nitrogens with zero attached hydrogens (tertiary/aromatic N) is 1. The fraction of sp³-hybridized carbons (Fsp3) is 0.143. The first kappa shape index (κ1) is 17.3. The van der Waals surface area contributed by atoms with Crippen LogP contribution in [0.1, 0.15) is 23.6 Å². The number of amides is 1. The van der Waals surface area contributed by atoms with Gasteiger partial charge in [-0.3, -0.25) is 4.79 Å². The molecule has 3 N–H and O–H groups in total. The van der Waals surface area contributed by atoms with Crippen molar-refractivity contribution in [3.05, 3.63) is 83.7 Å². The fourth-order valence-electron chi connectivity index (χ4n) is 3.17. The molecule has 0 spiro atoms. The molecule has 27 heavy (non-hydrogen) atoms. The van der Waals surface area contributed by atoms with E-state index < -0.39 is 0 Å². The number of fused-ring (bicyclic) bond motifs is 1. The van der Waals surface area contributed by atoms with Crippen molar-refractivity contribution in [3.8, 4) is 0 Å². The molecule has 3 aromatic carbocycles. The van der Waals surface area contributed by atoms with Crippen molar-refractivity contribution in [2.24, 2.45) is 5.10 Å². The highest BCUT2D eigenvalue weighted by Crippen LogP contribution is 2.25. The standard InChI is InChI=1S/C21H19FN4O/c22-18-9-5-14(6-10-18)13-23-26-21(27)20-12-19(24-25-20)17-8-7-15-3-1-2-4-16(15)11-17/h1-11,13,19-20,24-25H,12H2,(H,26,27)/b23-13+. The van der Waals surface area contributed by atoms with Gasteiger partial charge in [-0.15, -0.1) is 0 Å². The van der Waals surface area contributed by atoms with Crippen molar-refractivity contribution in [2.45, 2.75) is 18.5 Å². The average Bonchev–Trinajstić information content (AvgIpc) is 3.19. The van der Waals surface area contributed by atoms with Gasteiger partial charge in [0.1, 0.15) is 11.9 Å². The summed E-state index contributed by atoms with van der Waals surface area (Å²) in [6, 6.07) is 20.0. The lowest BCUT2D eigenvalue weighted by Gasteiger charge is -2.10. The number of halogens is 1. The minimum Gasteiger partial charge on any atom is -0.271 e. The van der Waals surface area contributed by atoms with Crippen LogP contribution in [0.5, 0.6) is 0 Å². The summed E-state index contributed by atoms with van der Waals surface area (Å²) in [5.74, 6) is -0.527. The van der Waals surface area contributed by atoms with E-state index in [4.69, 9.17) is 0 Å². The van der Waals surface area contributed by atoms with Crippen molar-refractivity contribution in [1.82, 2.24) is 16.3 Å². The molecule has 1 saturated heterocycles. The van der Waals surface area contributed by atoms with Gasteiger partial charge in [0.15, 0.2) is 0 Å². The van der Waals surface area contributed by atoms with Crippen LogP contribution in [0.4, 0.5) is 4.39 Å². The largest absolute Gasteiger partial charge is 0.271 e. The molecule has 136 valence electrons. The zero-order valence-corrected chi connectivity index (χ0v) is 14.5. The molecule has 2 unspecified atom stereocenters. The van der Waals surface area contributed by atoms with Crippen LogP contribution < -0.4 is 16.3 Å². The molecule has 1 heterocycles. The van der Waals surface area contributed by atoms with E-state index in [1.54, 1.807) is 12.1 Å². The van der Waals surface area contributed by atoms with Gasteiger partial charge in [0, 0.05) is 6.04 Å². The van der Waals surface area contributed by atoms with Gasteiger partial charge in [0.25, 0.3) is 5.91 Å². The summed E-state index contributed by atoms with van der Waals surface area (Å²) in [5.41, 5.74) is 10.6. The minimum atomic E-state index is -0.383. The summed E-state index contributed by atoms with van der Waals surface area (Å²) in [6.07, 6.45) is 2.11. The van der Waals surface area contributed by atoms with Gasteiger partial charge < -0.3 is 0 Å². The molecule has 0 saturated carbocycles. The quantitative estimate of drug-likeness (QED) is 0.494. The van der Waals surface area contributed by atoms with E-state index in [2.05, 4.69) is 51.7 Å². The molecular weight excluding hydrogens is 343 g/mol. The third kappa shape index (κ3) is 4.02. The molecular formula is C21H19FN4O. The van der Waals surface area contributed by atoms with E-state index in [-0.39, 0.29) is 23.8 Å². The Hall–Kier alpha value is -3.09. The normalized spacial score (nSPS) is 19.6. The zero-order valence-electron chi connectivity index (χ0n) is 14.5. The van der Waals surface area contributed by atoms with E-state index >= 15 is 0 Å². The van der Waals surface area contributed by atoms with Crippen LogP contribution in [0, 0.1) is 5.82 Å². The second-order valence-electron chi connectivity index (χ2n) is 6.52. The van der Waals surface area contributed by atoms with Crippen LogP contribution in [0.3, 0.4) is 0 Å². The van der Waals surface area contributed by atoms with Gasteiger partial charge in [0.05, 0.1) is 6.21 Å². The lowest BCUT2D eigenvalue weighted by molar-refractivity contribution is -0.122. The fourth-order valence-corrected chi connectivity index (χ4v) is 3.17. The predicted octanol–water partition coefficient (Wildman–Crippen LogP) is 3.04. The third-order valence-electron chi connectivity index (χ3n) is 4.65. The Morgan fingerprint density at radius 2 is 1.81 bits per heavy atom. The Kier molecular flexibility index (Phi) is 4.91. The number of hydrogen-bond donors (Lipinski definition) is 3. The Bertz CT molecular complexity index is 987. The summed E-state index contributed by atoms with van der Waals surface area (Å²) in [6.45, 7) is 0. The molecule has 4 rings (SSSR count). The average molecular weight is 362 g/mol. The molecule has 2 atom stereocenters.